The van der Waals surface area contributed by atoms with Gasteiger partial charge in [-0.3, -0.25) is 0 Å². The Hall–Kier alpha value is -1.22. The topological polar surface area (TPSA) is 28.7 Å². The van der Waals surface area contributed by atoms with Crippen molar-refractivity contribution in [3.8, 4) is 0 Å². The van der Waals surface area contributed by atoms with Crippen molar-refractivity contribution in [2.24, 2.45) is 0 Å². The number of hydrogen-bond acceptors (Lipinski definition) is 2. The van der Waals surface area contributed by atoms with Crippen LogP contribution in [0.15, 0.2) is 18.2 Å². The van der Waals surface area contributed by atoms with Crippen LogP contribution in [0.5, 0.6) is 0 Å². The molecule has 1 aromatic carbocycles. The molecule has 2 rings (SSSR count). The maximum Gasteiger partial charge on any atom is 0.137 e. The third-order valence-electron chi connectivity index (χ3n) is 2.79. The first-order chi connectivity index (χ1) is 7.61. The lowest BCUT2D eigenvalue weighted by molar-refractivity contribution is 0.867. The molecule has 1 N–H and O–H groups in total. The Morgan fingerprint density at radius 1 is 1.38 bits per heavy atom. The lowest BCUT2D eigenvalue weighted by Crippen LogP contribution is -1.95. The fourth-order valence-corrected chi connectivity index (χ4v) is 2.02. The number of rotatable bonds is 2. The highest BCUT2D eigenvalue weighted by molar-refractivity contribution is 7.71. The van der Waals surface area contributed by atoms with E-state index >= 15 is 0 Å². The smallest absolute Gasteiger partial charge is 0.137 e. The molecule has 0 fully saturated rings. The van der Waals surface area contributed by atoms with Crippen molar-refractivity contribution < 1.29 is 0 Å². The summed E-state index contributed by atoms with van der Waals surface area (Å²) in [5.41, 5.74) is 2.39. The summed E-state index contributed by atoms with van der Waals surface area (Å²) < 4.78 is 0.702. The Labute approximate surface area is 101 Å². The Morgan fingerprint density at radius 2 is 2.12 bits per heavy atom. The summed E-state index contributed by atoms with van der Waals surface area (Å²) in [5, 5.41) is 1.05. The number of aromatic nitrogens is 2. The average molecular weight is 232 g/mol. The van der Waals surface area contributed by atoms with Crippen LogP contribution in [-0.2, 0) is 6.42 Å². The first kappa shape index (κ1) is 11.3. The third kappa shape index (κ3) is 2.00. The van der Waals surface area contributed by atoms with Crippen LogP contribution < -0.4 is 0 Å². The molecule has 0 radical (unpaired) electrons. The van der Waals surface area contributed by atoms with Crippen LogP contribution in [0.25, 0.3) is 10.9 Å². The van der Waals surface area contributed by atoms with Gasteiger partial charge in [0.1, 0.15) is 10.5 Å². The van der Waals surface area contributed by atoms with E-state index in [-0.39, 0.29) is 0 Å². The van der Waals surface area contributed by atoms with Crippen molar-refractivity contribution in [2.45, 2.75) is 33.1 Å². The molecule has 0 aliphatic rings. The zero-order valence-corrected chi connectivity index (χ0v) is 10.7. The number of hydrogen-bond donors (Lipinski definition) is 1. The van der Waals surface area contributed by atoms with Gasteiger partial charge < -0.3 is 4.98 Å². The van der Waals surface area contributed by atoms with Gasteiger partial charge in [-0.25, -0.2) is 4.98 Å². The summed E-state index contributed by atoms with van der Waals surface area (Å²) in [7, 11) is 0. The standard InChI is InChI=1S/C13H16N2S/c1-4-12-14-11-6-5-9(8(2)3)7-10(11)13(16)15-12/h5-8H,4H2,1-3H3,(H,14,15,16). The zero-order valence-electron chi connectivity index (χ0n) is 9.87. The fourth-order valence-electron chi connectivity index (χ4n) is 1.74. The van der Waals surface area contributed by atoms with Crippen LogP contribution in [0.1, 0.15) is 38.1 Å². The molecule has 0 bridgehead atoms. The van der Waals surface area contributed by atoms with Gasteiger partial charge in [0.05, 0.1) is 0 Å². The monoisotopic (exact) mass is 232 g/mol. The maximum absolute atomic E-state index is 5.32. The average Bonchev–Trinajstić information content (AvgIpc) is 2.28. The van der Waals surface area contributed by atoms with Gasteiger partial charge in [-0.15, -0.1) is 0 Å². The number of benzene rings is 1. The Bertz CT molecular complexity index is 570. The van der Waals surface area contributed by atoms with E-state index < -0.39 is 0 Å². The van der Waals surface area contributed by atoms with Gasteiger partial charge in [0.2, 0.25) is 0 Å². The number of fused-ring (bicyclic) bond motifs is 1. The van der Waals surface area contributed by atoms with Crippen molar-refractivity contribution in [1.29, 1.82) is 0 Å². The Morgan fingerprint density at radius 3 is 2.75 bits per heavy atom. The van der Waals surface area contributed by atoms with E-state index in [0.29, 0.717) is 10.6 Å². The summed E-state index contributed by atoms with van der Waals surface area (Å²) >= 11 is 5.32. The van der Waals surface area contributed by atoms with Gasteiger partial charge in [0.25, 0.3) is 0 Å². The van der Waals surface area contributed by atoms with E-state index in [4.69, 9.17) is 12.2 Å². The van der Waals surface area contributed by atoms with E-state index in [1.165, 1.54) is 5.56 Å². The van der Waals surface area contributed by atoms with Crippen molar-refractivity contribution in [1.82, 2.24) is 9.97 Å². The second-order valence-electron chi connectivity index (χ2n) is 4.30. The van der Waals surface area contributed by atoms with Gasteiger partial charge in [0, 0.05) is 17.3 Å². The van der Waals surface area contributed by atoms with Crippen molar-refractivity contribution in [2.75, 3.05) is 0 Å². The molecule has 0 aliphatic heterocycles. The molecule has 2 nitrogen and oxygen atoms in total. The number of aryl methyl sites for hydroxylation is 1. The minimum atomic E-state index is 0.518. The molecule has 0 atom stereocenters. The van der Waals surface area contributed by atoms with Gasteiger partial charge in [-0.2, -0.15) is 0 Å². The van der Waals surface area contributed by atoms with Gasteiger partial charge >= 0.3 is 0 Å². The Balaban J connectivity index is 2.71. The van der Waals surface area contributed by atoms with Gasteiger partial charge in [0.15, 0.2) is 0 Å². The van der Waals surface area contributed by atoms with E-state index in [9.17, 15) is 0 Å². The van der Waals surface area contributed by atoms with E-state index in [1.54, 1.807) is 0 Å². The van der Waals surface area contributed by atoms with Crippen molar-refractivity contribution >= 4 is 23.1 Å². The third-order valence-corrected chi connectivity index (χ3v) is 3.10. The second-order valence-corrected chi connectivity index (χ2v) is 4.69. The molecule has 3 heteroatoms. The second kappa shape index (κ2) is 4.34. The molecule has 0 saturated carbocycles. The SMILES string of the molecule is CCc1nc(=S)c2cc(C(C)C)ccc2[nH]1. The molecule has 0 unspecified atom stereocenters. The summed E-state index contributed by atoms with van der Waals surface area (Å²) in [6, 6.07) is 6.39. The van der Waals surface area contributed by atoms with Crippen LogP contribution in [0, 0.1) is 4.64 Å². The van der Waals surface area contributed by atoms with E-state index in [0.717, 1.165) is 23.1 Å². The van der Waals surface area contributed by atoms with Crippen LogP contribution in [0.3, 0.4) is 0 Å². The highest BCUT2D eigenvalue weighted by Gasteiger charge is 2.04. The van der Waals surface area contributed by atoms with Crippen LogP contribution in [0.2, 0.25) is 0 Å². The first-order valence-corrected chi connectivity index (χ1v) is 6.05. The van der Waals surface area contributed by atoms with E-state index in [1.807, 2.05) is 0 Å². The lowest BCUT2D eigenvalue weighted by atomic mass is 10.0. The highest BCUT2D eigenvalue weighted by Crippen LogP contribution is 2.20. The zero-order chi connectivity index (χ0) is 11.7. The van der Waals surface area contributed by atoms with E-state index in [2.05, 4.69) is 48.9 Å². The highest BCUT2D eigenvalue weighted by atomic mass is 32.1. The molecule has 0 saturated heterocycles. The lowest BCUT2D eigenvalue weighted by Gasteiger charge is -2.07. The quantitative estimate of drug-likeness (QED) is 0.793. The predicted molar refractivity (Wildman–Crippen MR) is 70.4 cm³/mol. The van der Waals surface area contributed by atoms with Crippen LogP contribution in [0.4, 0.5) is 0 Å². The molecule has 0 aliphatic carbocycles. The summed E-state index contributed by atoms with van der Waals surface area (Å²) in [6.07, 6.45) is 0.880. The largest absolute Gasteiger partial charge is 0.343 e. The molecular formula is C13H16N2S. The minimum absolute atomic E-state index is 0.518. The molecule has 84 valence electrons. The predicted octanol–water partition coefficient (Wildman–Crippen LogP) is 3.98. The molecule has 2 aromatic rings. The molecular weight excluding hydrogens is 216 g/mol. The summed E-state index contributed by atoms with van der Waals surface area (Å²) in [6.45, 7) is 6.44. The van der Waals surface area contributed by atoms with Crippen LogP contribution in [-0.4, -0.2) is 9.97 Å². The normalized spacial score (nSPS) is 11.2. The summed E-state index contributed by atoms with van der Waals surface area (Å²) in [4.78, 5) is 7.69. The number of nitrogens with zero attached hydrogens (tertiary/aromatic N) is 1. The number of aromatic amines is 1. The molecule has 0 amide bonds. The first-order valence-electron chi connectivity index (χ1n) is 5.64. The molecule has 1 heterocycles. The number of nitrogens with one attached hydrogen (secondary N) is 1. The minimum Gasteiger partial charge on any atom is -0.343 e. The molecule has 16 heavy (non-hydrogen) atoms. The fraction of sp³-hybridized carbons (Fsp3) is 0.385. The maximum atomic E-state index is 5.32. The van der Waals surface area contributed by atoms with Gasteiger partial charge in [-0.05, 0) is 23.6 Å². The van der Waals surface area contributed by atoms with Gasteiger partial charge in [-0.1, -0.05) is 39.1 Å². The van der Waals surface area contributed by atoms with Crippen molar-refractivity contribution in [3.63, 3.8) is 0 Å². The number of H-pyrrole nitrogens is 1. The molecule has 1 aromatic heterocycles. The molecule has 0 spiro atoms. The van der Waals surface area contributed by atoms with Crippen molar-refractivity contribution in [3.05, 3.63) is 34.2 Å². The summed E-state index contributed by atoms with van der Waals surface area (Å²) in [5.74, 6) is 1.47. The van der Waals surface area contributed by atoms with Crippen LogP contribution >= 0.6 is 12.2 Å². The Kier molecular flexibility index (Phi) is 3.06.